The number of nitrogens with two attached hydrogens (primary N) is 1. The van der Waals surface area contributed by atoms with Gasteiger partial charge in [-0.25, -0.2) is 0 Å². The van der Waals surface area contributed by atoms with Crippen LogP contribution >= 0.6 is 0 Å². The minimum Gasteiger partial charge on any atom is -0.493 e. The lowest BCUT2D eigenvalue weighted by atomic mass is 9.68. The van der Waals surface area contributed by atoms with Crippen LogP contribution in [0.2, 0.25) is 0 Å². The molecule has 0 radical (unpaired) electrons. The third kappa shape index (κ3) is 3.79. The molecule has 3 aromatic rings. The monoisotopic (exact) mass is 456 g/mol. The Bertz CT molecular complexity index is 1360. The number of primary amides is 1. The third-order valence-corrected chi connectivity index (χ3v) is 6.63. The molecular weight excluding hydrogens is 428 g/mol. The van der Waals surface area contributed by atoms with E-state index in [-0.39, 0.29) is 23.8 Å². The summed E-state index contributed by atoms with van der Waals surface area (Å²) in [6, 6.07) is 17.7. The number of amides is 1. The van der Waals surface area contributed by atoms with Crippen LogP contribution in [0, 0.1) is 5.41 Å². The maximum absolute atomic E-state index is 13.6. The van der Waals surface area contributed by atoms with Crippen LogP contribution in [0.25, 0.3) is 16.3 Å². The summed E-state index contributed by atoms with van der Waals surface area (Å²) in [5, 5.41) is 5.94. The van der Waals surface area contributed by atoms with Gasteiger partial charge < -0.3 is 20.5 Å². The van der Waals surface area contributed by atoms with Crippen LogP contribution in [0.15, 0.2) is 60.2 Å². The van der Waals surface area contributed by atoms with Crippen LogP contribution < -0.4 is 20.5 Å². The number of Topliss-reactive ketones (excluding diaryl/α,β-unsaturated/α-hetero) is 1. The number of anilines is 1. The van der Waals surface area contributed by atoms with Gasteiger partial charge in [0.1, 0.15) is 0 Å². The maximum Gasteiger partial charge on any atom is 0.255 e. The first-order valence-corrected chi connectivity index (χ1v) is 11.4. The summed E-state index contributed by atoms with van der Waals surface area (Å²) in [7, 11) is 1.55. The molecule has 1 aliphatic heterocycles. The molecule has 1 atom stereocenters. The molecule has 0 saturated heterocycles. The van der Waals surface area contributed by atoms with Gasteiger partial charge in [0.15, 0.2) is 23.9 Å². The largest absolute Gasteiger partial charge is 0.493 e. The molecule has 5 rings (SSSR count). The number of carbonyl (C=O) groups excluding carboxylic acids is 2. The van der Waals surface area contributed by atoms with E-state index in [0.717, 1.165) is 45.2 Å². The average molecular weight is 457 g/mol. The Hall–Kier alpha value is -3.80. The molecule has 34 heavy (non-hydrogen) atoms. The summed E-state index contributed by atoms with van der Waals surface area (Å²) in [6.45, 7) is 4.08. The molecule has 0 saturated carbocycles. The van der Waals surface area contributed by atoms with Gasteiger partial charge in [-0.3, -0.25) is 9.59 Å². The number of ether oxygens (including phenoxy) is 2. The van der Waals surface area contributed by atoms with E-state index in [0.29, 0.717) is 17.9 Å². The van der Waals surface area contributed by atoms with Gasteiger partial charge in [-0.05, 0) is 51.9 Å². The lowest BCUT2D eigenvalue weighted by molar-refractivity contribution is -0.120. The second-order valence-corrected chi connectivity index (χ2v) is 9.79. The van der Waals surface area contributed by atoms with Crippen molar-refractivity contribution in [3.05, 3.63) is 71.3 Å². The number of hydrogen-bond acceptors (Lipinski definition) is 5. The number of rotatable bonds is 5. The van der Waals surface area contributed by atoms with Crippen LogP contribution in [-0.2, 0) is 9.59 Å². The summed E-state index contributed by atoms with van der Waals surface area (Å²) >= 11 is 0. The number of fused-ring (bicyclic) bond motifs is 4. The van der Waals surface area contributed by atoms with Crippen molar-refractivity contribution in [1.82, 2.24) is 0 Å². The predicted octanol–water partition coefficient (Wildman–Crippen LogP) is 5.02. The summed E-state index contributed by atoms with van der Waals surface area (Å²) in [5.41, 5.74) is 10.1. The summed E-state index contributed by atoms with van der Waals surface area (Å²) < 4.78 is 11.0. The number of hydrogen-bond donors (Lipinski definition) is 2. The minimum atomic E-state index is -0.561. The zero-order chi connectivity index (χ0) is 24.0. The van der Waals surface area contributed by atoms with Crippen LogP contribution in [0.4, 0.5) is 5.69 Å². The molecule has 1 heterocycles. The Morgan fingerprint density at radius 2 is 1.88 bits per heavy atom. The number of benzene rings is 3. The highest BCUT2D eigenvalue weighted by Gasteiger charge is 2.41. The standard InChI is InChI=1S/C28H28N2O4/c1-28(2)13-19-25-18-7-5-4-6-16(18)8-10-20(25)30-27(26(19)21(31)14-28)17-9-11-22(23(12-17)33-3)34-15-24(29)32/h4-12,27,30H,13-15H2,1-3H3,(H2,29,32). The van der Waals surface area contributed by atoms with Crippen molar-refractivity contribution in [3.63, 3.8) is 0 Å². The van der Waals surface area contributed by atoms with E-state index >= 15 is 0 Å². The summed E-state index contributed by atoms with van der Waals surface area (Å²) in [6.07, 6.45) is 1.32. The van der Waals surface area contributed by atoms with E-state index in [1.807, 2.05) is 24.3 Å². The van der Waals surface area contributed by atoms with Crippen molar-refractivity contribution in [2.75, 3.05) is 19.0 Å². The number of allylic oxidation sites excluding steroid dienone is 1. The molecule has 174 valence electrons. The highest BCUT2D eigenvalue weighted by Crippen LogP contribution is 2.52. The molecule has 2 aliphatic rings. The van der Waals surface area contributed by atoms with Crippen molar-refractivity contribution >= 4 is 33.7 Å². The topological polar surface area (TPSA) is 90.7 Å². The van der Waals surface area contributed by atoms with Gasteiger partial charge in [0.25, 0.3) is 5.91 Å². The second-order valence-electron chi connectivity index (χ2n) is 9.79. The molecule has 0 spiro atoms. The van der Waals surface area contributed by atoms with E-state index in [2.05, 4.69) is 43.4 Å². The molecule has 0 aromatic heterocycles. The first-order chi connectivity index (χ1) is 16.3. The Balaban J connectivity index is 1.67. The first kappa shape index (κ1) is 22.0. The quantitative estimate of drug-likeness (QED) is 0.562. The van der Waals surface area contributed by atoms with E-state index in [1.54, 1.807) is 13.2 Å². The van der Waals surface area contributed by atoms with Crippen LogP contribution in [0.1, 0.15) is 43.9 Å². The zero-order valence-electron chi connectivity index (χ0n) is 19.6. The van der Waals surface area contributed by atoms with Crippen molar-refractivity contribution in [3.8, 4) is 11.5 Å². The van der Waals surface area contributed by atoms with Gasteiger partial charge in [0.05, 0.1) is 13.2 Å². The molecule has 0 bridgehead atoms. The molecule has 1 amide bonds. The van der Waals surface area contributed by atoms with Crippen molar-refractivity contribution in [1.29, 1.82) is 0 Å². The van der Waals surface area contributed by atoms with Crippen LogP contribution in [-0.4, -0.2) is 25.4 Å². The molecule has 3 N–H and O–H groups in total. The Morgan fingerprint density at radius 3 is 2.65 bits per heavy atom. The summed E-state index contributed by atoms with van der Waals surface area (Å²) in [4.78, 5) is 24.7. The fraction of sp³-hybridized carbons (Fsp3) is 0.286. The molecule has 3 aromatic carbocycles. The maximum atomic E-state index is 13.6. The van der Waals surface area contributed by atoms with Gasteiger partial charge >= 0.3 is 0 Å². The number of carbonyl (C=O) groups is 2. The average Bonchev–Trinajstić information content (AvgIpc) is 2.80. The molecule has 6 nitrogen and oxygen atoms in total. The molecule has 1 unspecified atom stereocenters. The fourth-order valence-electron chi connectivity index (χ4n) is 5.22. The lowest BCUT2D eigenvalue weighted by Gasteiger charge is -2.40. The summed E-state index contributed by atoms with van der Waals surface area (Å²) in [5.74, 6) is 0.512. The molecule has 0 fully saturated rings. The van der Waals surface area contributed by atoms with E-state index in [9.17, 15) is 9.59 Å². The Labute approximate surface area is 198 Å². The third-order valence-electron chi connectivity index (χ3n) is 6.63. The smallest absolute Gasteiger partial charge is 0.255 e. The van der Waals surface area contributed by atoms with Gasteiger partial charge in [0, 0.05) is 23.2 Å². The van der Waals surface area contributed by atoms with E-state index in [1.165, 1.54) is 0 Å². The second kappa shape index (κ2) is 8.20. The molecule has 6 heteroatoms. The highest BCUT2D eigenvalue weighted by atomic mass is 16.5. The normalized spacial score (nSPS) is 18.7. The van der Waals surface area contributed by atoms with Gasteiger partial charge in [0.2, 0.25) is 0 Å². The Kier molecular flexibility index (Phi) is 5.31. The highest BCUT2D eigenvalue weighted by molar-refractivity contribution is 6.12. The van der Waals surface area contributed by atoms with Gasteiger partial charge in [-0.15, -0.1) is 0 Å². The SMILES string of the molecule is COc1cc(C2Nc3ccc4ccccc4c3C3=C2C(=O)CC(C)(C)C3)ccc1OCC(N)=O. The van der Waals surface area contributed by atoms with Crippen LogP contribution in [0.5, 0.6) is 11.5 Å². The fourth-order valence-corrected chi connectivity index (χ4v) is 5.22. The molecule has 1 aliphatic carbocycles. The number of nitrogens with one attached hydrogen (secondary N) is 1. The number of ketones is 1. The van der Waals surface area contributed by atoms with Crippen molar-refractivity contribution < 1.29 is 19.1 Å². The van der Waals surface area contributed by atoms with Gasteiger partial charge in [-0.1, -0.05) is 50.2 Å². The van der Waals surface area contributed by atoms with Crippen molar-refractivity contribution in [2.24, 2.45) is 11.1 Å². The van der Waals surface area contributed by atoms with E-state index in [4.69, 9.17) is 15.2 Å². The van der Waals surface area contributed by atoms with Crippen LogP contribution in [0.3, 0.4) is 0 Å². The lowest BCUT2D eigenvalue weighted by Crippen LogP contribution is -2.33. The van der Waals surface area contributed by atoms with Gasteiger partial charge in [-0.2, -0.15) is 0 Å². The Morgan fingerprint density at radius 1 is 1.09 bits per heavy atom. The molecular formula is C28H28N2O4. The number of methoxy groups -OCH3 is 1. The minimum absolute atomic E-state index is 0.115. The predicted molar refractivity (Wildman–Crippen MR) is 133 cm³/mol. The van der Waals surface area contributed by atoms with Crippen molar-refractivity contribution in [2.45, 2.75) is 32.7 Å². The zero-order valence-corrected chi connectivity index (χ0v) is 19.6. The van der Waals surface area contributed by atoms with E-state index < -0.39 is 5.91 Å². The first-order valence-electron chi connectivity index (χ1n) is 11.4.